The first-order chi connectivity index (χ1) is 15.4. The molecule has 1 amide bonds. The molecule has 0 aliphatic carbocycles. The van der Waals surface area contributed by atoms with E-state index in [9.17, 15) is 33.0 Å². The molecule has 2 aliphatic heterocycles. The Kier molecular flexibility index (Phi) is 7.90. The fraction of sp³-hybridized carbons (Fsp3) is 0.529. The summed E-state index contributed by atoms with van der Waals surface area (Å²) >= 11 is 4.84. The standard InChI is InChI=1S/C17H22FN3O9P2S/c1-17(31(23)24,32(25,26)27)30-15(33)19-9-12-10-21(16(22)29-12)11-2-3-14(13(18)8-11)20-4-6-28-7-5-20/h2-3,8,12H,4-7,9-10H2,1H3,(H3-,19,23,24,25,26,27,33)/p+1/t12-,17?/m0/s1. The Bertz CT molecular complexity index is 990. The van der Waals surface area contributed by atoms with Crippen LogP contribution in [0, 0.1) is 5.82 Å². The van der Waals surface area contributed by atoms with Crippen molar-refractivity contribution >= 4 is 50.5 Å². The number of halogens is 1. The molecule has 0 bridgehead atoms. The summed E-state index contributed by atoms with van der Waals surface area (Å²) in [6.45, 7) is 2.80. The van der Waals surface area contributed by atoms with Gasteiger partial charge in [-0.1, -0.05) is 0 Å². The summed E-state index contributed by atoms with van der Waals surface area (Å²) in [5, 5.41) is -0.800. The van der Waals surface area contributed by atoms with E-state index in [0.29, 0.717) is 37.7 Å². The van der Waals surface area contributed by atoms with Crippen molar-refractivity contribution in [3.63, 3.8) is 0 Å². The van der Waals surface area contributed by atoms with Gasteiger partial charge in [0.15, 0.2) is 0 Å². The third-order valence-electron chi connectivity index (χ3n) is 5.12. The quantitative estimate of drug-likeness (QED) is 0.300. The summed E-state index contributed by atoms with van der Waals surface area (Å²) in [6.07, 6.45) is -1.48. The molecule has 4 N–H and O–H groups in total. The Hall–Kier alpha value is -1.92. The van der Waals surface area contributed by atoms with Gasteiger partial charge in [-0.05, 0) is 35.0 Å². The van der Waals surface area contributed by atoms with Crippen molar-refractivity contribution in [2.24, 2.45) is 0 Å². The van der Waals surface area contributed by atoms with E-state index in [-0.39, 0.29) is 13.1 Å². The number of hydrogen-bond donors (Lipinski definition) is 4. The number of cyclic esters (lactones) is 1. The second kappa shape index (κ2) is 10.1. The molecular weight excluding hydrogens is 503 g/mol. The monoisotopic (exact) mass is 526 g/mol. The number of carbonyl (C=O) groups is 1. The summed E-state index contributed by atoms with van der Waals surface area (Å²) in [5.41, 5.74) is 0.702. The molecule has 3 rings (SSSR count). The van der Waals surface area contributed by atoms with Crippen LogP contribution in [0.4, 0.5) is 20.6 Å². The van der Waals surface area contributed by atoms with Gasteiger partial charge in [0, 0.05) is 20.0 Å². The van der Waals surface area contributed by atoms with Gasteiger partial charge in [0.2, 0.25) is 0 Å². The van der Waals surface area contributed by atoms with E-state index in [1.165, 1.54) is 11.0 Å². The second-order valence-corrected chi connectivity index (χ2v) is 11.4. The molecule has 2 unspecified atom stereocenters. The van der Waals surface area contributed by atoms with E-state index in [4.69, 9.17) is 26.4 Å². The molecule has 0 radical (unpaired) electrons. The normalized spacial score (nSPS) is 21.3. The highest BCUT2D eigenvalue weighted by Gasteiger charge is 2.63. The van der Waals surface area contributed by atoms with Crippen molar-refractivity contribution in [2.45, 2.75) is 18.1 Å². The van der Waals surface area contributed by atoms with E-state index < -0.39 is 43.9 Å². The third kappa shape index (κ3) is 5.78. The number of morpholine rings is 1. The molecular formula is C17H23FN3O9P2S+. The maximum absolute atomic E-state index is 14.7. The van der Waals surface area contributed by atoms with Crippen LogP contribution in [0.5, 0.6) is 0 Å². The third-order valence-corrected chi connectivity index (χ3v) is 8.62. The molecule has 12 nitrogen and oxygen atoms in total. The molecule has 0 aromatic heterocycles. The molecule has 33 heavy (non-hydrogen) atoms. The molecule has 2 aliphatic rings. The van der Waals surface area contributed by atoms with Crippen molar-refractivity contribution < 1.29 is 47.2 Å². The van der Waals surface area contributed by atoms with Gasteiger partial charge in [-0.2, -0.15) is 4.89 Å². The average Bonchev–Trinajstić information content (AvgIpc) is 3.12. The fourth-order valence-electron chi connectivity index (χ4n) is 3.18. The Labute approximate surface area is 194 Å². The first kappa shape index (κ1) is 25.7. The number of hydrogen-bond acceptors (Lipinski definition) is 8. The Morgan fingerprint density at radius 2 is 2.09 bits per heavy atom. The first-order valence-corrected chi connectivity index (χ1v) is 12.9. The number of carbonyl (C=O) groups excluding carboxylic acids is 1. The van der Waals surface area contributed by atoms with Gasteiger partial charge in [0.05, 0.1) is 37.7 Å². The number of ether oxygens (including phenoxy) is 3. The minimum absolute atomic E-state index is 0.0365. The van der Waals surface area contributed by atoms with Crippen LogP contribution >= 0.6 is 27.8 Å². The zero-order valence-corrected chi connectivity index (χ0v) is 20.0. The number of nitrogens with one attached hydrogen (secondary N) is 1. The molecule has 0 spiro atoms. The Morgan fingerprint density at radius 1 is 1.42 bits per heavy atom. The van der Waals surface area contributed by atoms with Gasteiger partial charge in [-0.15, -0.1) is 0 Å². The summed E-state index contributed by atoms with van der Waals surface area (Å²) in [5.74, 6) is -0.492. The molecule has 1 aromatic carbocycles. The fourth-order valence-corrected chi connectivity index (χ4v) is 4.83. The predicted molar refractivity (Wildman–Crippen MR) is 119 cm³/mol. The van der Waals surface area contributed by atoms with Gasteiger partial charge in [0.1, 0.15) is 11.9 Å². The van der Waals surface area contributed by atoms with Crippen LogP contribution in [0.2, 0.25) is 0 Å². The SMILES string of the molecule is CC(OC(=S)NC[C@H]1CN(c2ccc(N3CCOCC3)c(F)c2)C(=O)O1)([P+](=O)O)P(=O)(O)O. The molecule has 0 saturated carbocycles. The minimum Gasteiger partial charge on any atom is -0.442 e. The van der Waals surface area contributed by atoms with Gasteiger partial charge >= 0.3 is 26.8 Å². The van der Waals surface area contributed by atoms with Crippen LogP contribution in [0.3, 0.4) is 0 Å². The number of thiocarbonyl (C=S) groups is 1. The van der Waals surface area contributed by atoms with Crippen LogP contribution in [0.25, 0.3) is 0 Å². The van der Waals surface area contributed by atoms with Crippen LogP contribution in [-0.4, -0.2) is 76.5 Å². The zero-order chi connectivity index (χ0) is 24.4. The molecule has 3 atom stereocenters. The van der Waals surface area contributed by atoms with E-state index in [1.807, 2.05) is 4.90 Å². The van der Waals surface area contributed by atoms with Crippen LogP contribution < -0.4 is 15.1 Å². The van der Waals surface area contributed by atoms with Crippen LogP contribution in [0.15, 0.2) is 18.2 Å². The van der Waals surface area contributed by atoms with E-state index >= 15 is 0 Å². The lowest BCUT2D eigenvalue weighted by molar-refractivity contribution is 0.122. The average molecular weight is 526 g/mol. The lowest BCUT2D eigenvalue weighted by Gasteiger charge is -2.29. The van der Waals surface area contributed by atoms with E-state index in [2.05, 4.69) is 5.32 Å². The summed E-state index contributed by atoms with van der Waals surface area (Å²) < 4.78 is 52.9. The molecule has 2 saturated heterocycles. The van der Waals surface area contributed by atoms with E-state index in [0.717, 1.165) is 6.92 Å². The predicted octanol–water partition coefficient (Wildman–Crippen LogP) is 1.46. The Balaban J connectivity index is 1.59. The smallest absolute Gasteiger partial charge is 0.442 e. The lowest BCUT2D eigenvalue weighted by Crippen LogP contribution is -2.39. The highest BCUT2D eigenvalue weighted by Crippen LogP contribution is 2.62. The van der Waals surface area contributed by atoms with Crippen molar-refractivity contribution in [1.29, 1.82) is 0 Å². The maximum atomic E-state index is 14.7. The minimum atomic E-state index is -5.15. The van der Waals surface area contributed by atoms with Crippen molar-refractivity contribution in [3.8, 4) is 0 Å². The van der Waals surface area contributed by atoms with Gasteiger partial charge in [0.25, 0.3) is 5.17 Å². The van der Waals surface area contributed by atoms with Gasteiger partial charge in [-0.25, -0.2) is 9.18 Å². The number of nitrogens with zero attached hydrogens (tertiary/aromatic N) is 2. The van der Waals surface area contributed by atoms with Crippen LogP contribution in [-0.2, 0) is 23.3 Å². The second-order valence-electron chi connectivity index (χ2n) is 7.37. The highest BCUT2D eigenvalue weighted by molar-refractivity contribution is 7.80. The molecule has 1 aromatic rings. The summed E-state index contributed by atoms with van der Waals surface area (Å²) in [4.78, 5) is 43.2. The first-order valence-electron chi connectivity index (χ1n) is 9.71. The Morgan fingerprint density at radius 3 is 2.67 bits per heavy atom. The van der Waals surface area contributed by atoms with Crippen LogP contribution in [0.1, 0.15) is 6.92 Å². The maximum Gasteiger partial charge on any atom is 0.567 e. The number of benzene rings is 1. The molecule has 182 valence electrons. The van der Waals surface area contributed by atoms with Crippen molar-refractivity contribution in [2.75, 3.05) is 49.2 Å². The molecule has 2 heterocycles. The van der Waals surface area contributed by atoms with Crippen molar-refractivity contribution in [3.05, 3.63) is 24.0 Å². The molecule has 2 fully saturated rings. The number of rotatable bonds is 7. The number of anilines is 2. The number of amides is 1. The summed E-state index contributed by atoms with van der Waals surface area (Å²) in [6, 6.07) is 4.41. The topological polar surface area (TPSA) is 158 Å². The lowest BCUT2D eigenvalue weighted by atomic mass is 10.2. The van der Waals surface area contributed by atoms with Gasteiger partial charge < -0.3 is 34.2 Å². The molecule has 16 heteroatoms. The van der Waals surface area contributed by atoms with Crippen molar-refractivity contribution in [1.82, 2.24) is 5.32 Å². The van der Waals surface area contributed by atoms with Gasteiger partial charge in [-0.3, -0.25) is 9.46 Å². The highest BCUT2D eigenvalue weighted by atomic mass is 32.1. The summed E-state index contributed by atoms with van der Waals surface area (Å²) in [7, 11) is -8.59. The van der Waals surface area contributed by atoms with E-state index in [1.54, 1.807) is 12.1 Å². The zero-order valence-electron chi connectivity index (χ0n) is 17.4. The largest absolute Gasteiger partial charge is 0.567 e.